The Hall–Kier alpha value is -1.51. The maximum absolute atomic E-state index is 12.8. The van der Waals surface area contributed by atoms with Gasteiger partial charge in [0, 0.05) is 0 Å². The number of aliphatic hydroxyl groups is 1. The van der Waals surface area contributed by atoms with Gasteiger partial charge in [-0.05, 0) is 17.6 Å². The summed E-state index contributed by atoms with van der Waals surface area (Å²) in [4.78, 5) is 0. The maximum atomic E-state index is 12.8. The number of benzene rings is 1. The van der Waals surface area contributed by atoms with Gasteiger partial charge in [-0.3, -0.25) is 0 Å². The predicted molar refractivity (Wildman–Crippen MR) is 64.8 cm³/mol. The van der Waals surface area contributed by atoms with Crippen LogP contribution in [0.4, 0.5) is 13.2 Å². The smallest absolute Gasteiger partial charge is 0.387 e. The summed E-state index contributed by atoms with van der Waals surface area (Å²) in [7, 11) is 0. The first-order valence-electron chi connectivity index (χ1n) is 5.59. The minimum Gasteiger partial charge on any atom is -0.387 e. The fraction of sp³-hybridized carbons (Fsp3) is 0.357. The van der Waals surface area contributed by atoms with E-state index in [1.54, 1.807) is 30.3 Å². The third-order valence-corrected chi connectivity index (χ3v) is 2.43. The quantitative estimate of drug-likeness (QED) is 0.815. The Kier molecular flexibility index (Phi) is 4.76. The monoisotopic (exact) mass is 256 g/mol. The Labute approximate surface area is 104 Å². The second kappa shape index (κ2) is 5.89. The number of aliphatic hydroxyl groups excluding tert-OH is 1. The summed E-state index contributed by atoms with van der Waals surface area (Å²) in [6, 6.07) is 8.56. The van der Waals surface area contributed by atoms with Gasteiger partial charge in [-0.25, -0.2) is 0 Å². The van der Waals surface area contributed by atoms with E-state index in [2.05, 4.69) is 5.73 Å². The summed E-state index contributed by atoms with van der Waals surface area (Å²) in [5.41, 5.74) is 1.74. The van der Waals surface area contributed by atoms with Crippen LogP contribution in [0.1, 0.15) is 19.4 Å². The minimum absolute atomic E-state index is 0.515. The summed E-state index contributed by atoms with van der Waals surface area (Å²) < 4.78 is 38.3. The molecule has 18 heavy (non-hydrogen) atoms. The molecule has 0 aliphatic heterocycles. The van der Waals surface area contributed by atoms with E-state index < -0.39 is 23.8 Å². The van der Waals surface area contributed by atoms with Crippen LogP contribution in [-0.2, 0) is 0 Å². The van der Waals surface area contributed by atoms with Gasteiger partial charge < -0.3 is 5.11 Å². The van der Waals surface area contributed by atoms with Crippen LogP contribution in [0, 0.1) is 5.92 Å². The molecule has 0 heterocycles. The molecule has 1 atom stereocenters. The molecule has 0 aliphatic rings. The van der Waals surface area contributed by atoms with E-state index in [9.17, 15) is 18.3 Å². The molecule has 0 radical (unpaired) electrons. The standard InChI is InChI=1S/C14H15F3O/c1-10(2)13(18)12(14(15,16)17)9-8-11-6-4-3-5-7-11/h3-8,10,13,18H,1-2H3/t9?,13-/m1/s1. The molecule has 0 amide bonds. The molecule has 0 aromatic heterocycles. The molecule has 0 fully saturated rings. The average molecular weight is 256 g/mol. The summed E-state index contributed by atoms with van der Waals surface area (Å²) in [5.74, 6) is -0.515. The largest absolute Gasteiger partial charge is 0.422 e. The highest BCUT2D eigenvalue weighted by molar-refractivity contribution is 5.49. The molecule has 1 rings (SSSR count). The van der Waals surface area contributed by atoms with Gasteiger partial charge in [0.1, 0.15) is 5.57 Å². The second-order valence-electron chi connectivity index (χ2n) is 4.30. The molecule has 98 valence electrons. The third kappa shape index (κ3) is 4.06. The van der Waals surface area contributed by atoms with Crippen molar-refractivity contribution in [3.05, 3.63) is 47.2 Å². The molecule has 1 aromatic carbocycles. The maximum Gasteiger partial charge on any atom is 0.422 e. The lowest BCUT2D eigenvalue weighted by molar-refractivity contribution is -0.108. The fourth-order valence-corrected chi connectivity index (χ4v) is 1.38. The van der Waals surface area contributed by atoms with E-state index in [4.69, 9.17) is 0 Å². The summed E-state index contributed by atoms with van der Waals surface area (Å²) >= 11 is 0. The number of rotatable bonds is 3. The van der Waals surface area contributed by atoms with Crippen LogP contribution in [0.25, 0.3) is 6.08 Å². The zero-order valence-electron chi connectivity index (χ0n) is 10.2. The molecule has 1 N–H and O–H groups in total. The summed E-state index contributed by atoms with van der Waals surface area (Å²) in [6.45, 7) is 3.06. The van der Waals surface area contributed by atoms with Crippen molar-refractivity contribution in [1.82, 2.24) is 0 Å². The first kappa shape index (κ1) is 14.6. The first-order chi connectivity index (χ1) is 8.32. The Balaban J connectivity index is 3.16. The first-order valence-corrected chi connectivity index (χ1v) is 5.59. The summed E-state index contributed by atoms with van der Waals surface area (Å²) in [5, 5.41) is 9.56. The van der Waals surface area contributed by atoms with Crippen molar-refractivity contribution >= 4 is 6.08 Å². The minimum atomic E-state index is -4.57. The van der Waals surface area contributed by atoms with Crippen molar-refractivity contribution in [2.45, 2.75) is 26.1 Å². The lowest BCUT2D eigenvalue weighted by atomic mass is 9.99. The van der Waals surface area contributed by atoms with Gasteiger partial charge >= 0.3 is 6.18 Å². The van der Waals surface area contributed by atoms with E-state index in [0.717, 1.165) is 0 Å². The van der Waals surface area contributed by atoms with Gasteiger partial charge in [0.2, 0.25) is 0 Å². The normalized spacial score (nSPS) is 13.1. The highest BCUT2D eigenvalue weighted by Gasteiger charge is 2.39. The third-order valence-electron chi connectivity index (χ3n) is 2.43. The van der Waals surface area contributed by atoms with E-state index in [0.29, 0.717) is 5.56 Å². The van der Waals surface area contributed by atoms with Crippen LogP contribution in [0.5, 0.6) is 0 Å². The lowest BCUT2D eigenvalue weighted by Gasteiger charge is -2.18. The van der Waals surface area contributed by atoms with Crippen molar-refractivity contribution in [2.24, 2.45) is 5.92 Å². The van der Waals surface area contributed by atoms with E-state index in [1.807, 2.05) is 0 Å². The average Bonchev–Trinajstić information content (AvgIpc) is 2.28. The predicted octanol–water partition coefficient (Wildman–Crippen LogP) is 3.80. The number of alkyl halides is 3. The highest BCUT2D eigenvalue weighted by atomic mass is 19.4. The molecule has 1 nitrogen and oxygen atoms in total. The van der Waals surface area contributed by atoms with Gasteiger partial charge in [-0.15, -0.1) is 5.73 Å². The lowest BCUT2D eigenvalue weighted by Crippen LogP contribution is -2.27. The Morgan fingerprint density at radius 3 is 2.22 bits per heavy atom. The van der Waals surface area contributed by atoms with Gasteiger partial charge in [0.15, 0.2) is 0 Å². The van der Waals surface area contributed by atoms with E-state index in [1.165, 1.54) is 19.9 Å². The topological polar surface area (TPSA) is 20.2 Å². The van der Waals surface area contributed by atoms with Crippen LogP contribution >= 0.6 is 0 Å². The van der Waals surface area contributed by atoms with Crippen molar-refractivity contribution in [1.29, 1.82) is 0 Å². The van der Waals surface area contributed by atoms with Crippen LogP contribution in [0.3, 0.4) is 0 Å². The van der Waals surface area contributed by atoms with Crippen molar-refractivity contribution in [3.63, 3.8) is 0 Å². The van der Waals surface area contributed by atoms with Crippen LogP contribution in [0.2, 0.25) is 0 Å². The molecule has 0 saturated carbocycles. The Morgan fingerprint density at radius 1 is 1.22 bits per heavy atom. The molecule has 4 heteroatoms. The Morgan fingerprint density at radius 2 is 1.78 bits per heavy atom. The molecule has 0 spiro atoms. The van der Waals surface area contributed by atoms with E-state index >= 15 is 0 Å². The SMILES string of the molecule is CC(C)[C@@H](O)C(=C=Cc1ccccc1)C(F)(F)F. The molecular formula is C14H15F3O. The number of hydrogen-bond donors (Lipinski definition) is 1. The van der Waals surface area contributed by atoms with Crippen molar-refractivity contribution in [2.75, 3.05) is 0 Å². The number of halogens is 3. The van der Waals surface area contributed by atoms with Gasteiger partial charge in [0.05, 0.1) is 6.10 Å². The van der Waals surface area contributed by atoms with E-state index in [-0.39, 0.29) is 0 Å². The number of hydrogen-bond acceptors (Lipinski definition) is 1. The van der Waals surface area contributed by atoms with Gasteiger partial charge in [-0.1, -0.05) is 44.2 Å². The highest BCUT2D eigenvalue weighted by Crippen LogP contribution is 2.30. The van der Waals surface area contributed by atoms with Crippen LogP contribution in [-0.4, -0.2) is 17.4 Å². The molecule has 0 saturated heterocycles. The second-order valence-corrected chi connectivity index (χ2v) is 4.30. The van der Waals surface area contributed by atoms with Crippen LogP contribution in [0.15, 0.2) is 41.6 Å². The molecule has 0 aliphatic carbocycles. The fourth-order valence-electron chi connectivity index (χ4n) is 1.38. The molecule has 0 bridgehead atoms. The van der Waals surface area contributed by atoms with Gasteiger partial charge in [-0.2, -0.15) is 13.2 Å². The summed E-state index contributed by atoms with van der Waals surface area (Å²) in [6.07, 6.45) is -4.91. The zero-order valence-corrected chi connectivity index (χ0v) is 10.2. The van der Waals surface area contributed by atoms with Gasteiger partial charge in [0.25, 0.3) is 0 Å². The van der Waals surface area contributed by atoms with Crippen molar-refractivity contribution < 1.29 is 18.3 Å². The van der Waals surface area contributed by atoms with Crippen LogP contribution < -0.4 is 0 Å². The Bertz CT molecular complexity index is 440. The van der Waals surface area contributed by atoms with Crippen molar-refractivity contribution in [3.8, 4) is 0 Å². The molecular weight excluding hydrogens is 241 g/mol. The molecule has 0 unspecified atom stereocenters. The zero-order chi connectivity index (χ0) is 13.8. The molecule has 1 aromatic rings.